The molecule has 2 aromatic rings. The molecule has 17 heavy (non-hydrogen) atoms. The largest absolute Gasteiger partial charge is 0.393 e. The second-order valence-electron chi connectivity index (χ2n) is 3.91. The van der Waals surface area contributed by atoms with Gasteiger partial charge in [0.2, 0.25) is 11.7 Å². The van der Waals surface area contributed by atoms with Crippen LogP contribution in [0.2, 0.25) is 5.02 Å². The molecule has 0 amide bonds. The first-order chi connectivity index (χ1) is 8.15. The van der Waals surface area contributed by atoms with E-state index in [0.29, 0.717) is 29.6 Å². The monoisotopic (exact) mass is 252 g/mol. The van der Waals surface area contributed by atoms with E-state index in [1.165, 1.54) is 0 Å². The van der Waals surface area contributed by atoms with Crippen molar-refractivity contribution < 1.29 is 9.63 Å². The van der Waals surface area contributed by atoms with Gasteiger partial charge in [0.1, 0.15) is 0 Å². The SMILES string of the molecule is CC(O)CCc1nc(-c2ccc(Cl)cc2)no1. The molecular formula is C12H13ClN2O2. The molecule has 2 rings (SSSR count). The summed E-state index contributed by atoms with van der Waals surface area (Å²) in [6.45, 7) is 1.73. The van der Waals surface area contributed by atoms with Crippen molar-refractivity contribution in [3.63, 3.8) is 0 Å². The Hall–Kier alpha value is -1.39. The van der Waals surface area contributed by atoms with E-state index in [-0.39, 0.29) is 6.10 Å². The van der Waals surface area contributed by atoms with Crippen molar-refractivity contribution in [3.05, 3.63) is 35.2 Å². The lowest BCUT2D eigenvalue weighted by molar-refractivity contribution is 0.180. The van der Waals surface area contributed by atoms with Crippen LogP contribution in [0.5, 0.6) is 0 Å². The lowest BCUT2D eigenvalue weighted by Crippen LogP contribution is -2.01. The van der Waals surface area contributed by atoms with E-state index in [0.717, 1.165) is 5.56 Å². The highest BCUT2D eigenvalue weighted by atomic mass is 35.5. The number of halogens is 1. The van der Waals surface area contributed by atoms with Gasteiger partial charge in [0.25, 0.3) is 0 Å². The molecule has 0 bridgehead atoms. The number of hydrogen-bond donors (Lipinski definition) is 1. The van der Waals surface area contributed by atoms with Crippen LogP contribution >= 0.6 is 11.6 Å². The Morgan fingerprint density at radius 1 is 1.35 bits per heavy atom. The minimum Gasteiger partial charge on any atom is -0.393 e. The molecule has 1 aromatic carbocycles. The number of aliphatic hydroxyl groups excluding tert-OH is 1. The van der Waals surface area contributed by atoms with Crippen LogP contribution in [0.3, 0.4) is 0 Å². The minimum atomic E-state index is -0.360. The molecule has 0 saturated carbocycles. The fourth-order valence-electron chi connectivity index (χ4n) is 1.40. The molecule has 0 aliphatic rings. The van der Waals surface area contributed by atoms with Gasteiger partial charge >= 0.3 is 0 Å². The third-order valence-corrected chi connectivity index (χ3v) is 2.60. The topological polar surface area (TPSA) is 59.2 Å². The number of benzene rings is 1. The summed E-state index contributed by atoms with van der Waals surface area (Å²) in [5, 5.41) is 13.7. The van der Waals surface area contributed by atoms with E-state index in [9.17, 15) is 0 Å². The molecule has 1 N–H and O–H groups in total. The molecule has 0 radical (unpaired) electrons. The average molecular weight is 253 g/mol. The van der Waals surface area contributed by atoms with Crippen LogP contribution in [0.4, 0.5) is 0 Å². The smallest absolute Gasteiger partial charge is 0.227 e. The molecule has 1 heterocycles. The summed E-state index contributed by atoms with van der Waals surface area (Å²) in [5.74, 6) is 1.08. The van der Waals surface area contributed by atoms with Gasteiger partial charge in [0.05, 0.1) is 6.10 Å². The summed E-state index contributed by atoms with van der Waals surface area (Å²) < 4.78 is 5.09. The summed E-state index contributed by atoms with van der Waals surface area (Å²) in [6, 6.07) is 7.24. The van der Waals surface area contributed by atoms with E-state index in [1.807, 2.05) is 12.1 Å². The lowest BCUT2D eigenvalue weighted by Gasteiger charge is -1.98. The lowest BCUT2D eigenvalue weighted by atomic mass is 10.2. The number of nitrogens with zero attached hydrogens (tertiary/aromatic N) is 2. The number of aromatic nitrogens is 2. The van der Waals surface area contributed by atoms with Gasteiger partial charge in [0.15, 0.2) is 0 Å². The normalized spacial score (nSPS) is 12.6. The molecule has 0 aliphatic carbocycles. The Kier molecular flexibility index (Phi) is 3.76. The predicted molar refractivity (Wildman–Crippen MR) is 64.7 cm³/mol. The summed E-state index contributed by atoms with van der Waals surface area (Å²) in [7, 11) is 0. The molecule has 1 aromatic heterocycles. The van der Waals surface area contributed by atoms with E-state index in [4.69, 9.17) is 21.2 Å². The van der Waals surface area contributed by atoms with Crippen molar-refractivity contribution in [2.24, 2.45) is 0 Å². The second-order valence-corrected chi connectivity index (χ2v) is 4.34. The average Bonchev–Trinajstić information content (AvgIpc) is 2.76. The highest BCUT2D eigenvalue weighted by molar-refractivity contribution is 6.30. The quantitative estimate of drug-likeness (QED) is 0.909. The fourth-order valence-corrected chi connectivity index (χ4v) is 1.53. The first-order valence-electron chi connectivity index (χ1n) is 5.42. The van der Waals surface area contributed by atoms with E-state index >= 15 is 0 Å². The van der Waals surface area contributed by atoms with Gasteiger partial charge in [-0.2, -0.15) is 4.98 Å². The Labute approximate surface area is 104 Å². The van der Waals surface area contributed by atoms with Crippen LogP contribution < -0.4 is 0 Å². The van der Waals surface area contributed by atoms with Crippen LogP contribution in [0, 0.1) is 0 Å². The summed E-state index contributed by atoms with van der Waals surface area (Å²) in [5.41, 5.74) is 0.862. The maximum absolute atomic E-state index is 9.16. The van der Waals surface area contributed by atoms with Crippen molar-refractivity contribution in [2.45, 2.75) is 25.9 Å². The molecule has 0 saturated heterocycles. The van der Waals surface area contributed by atoms with Gasteiger partial charge in [0, 0.05) is 17.0 Å². The van der Waals surface area contributed by atoms with Crippen molar-refractivity contribution in [1.29, 1.82) is 0 Å². The number of rotatable bonds is 4. The van der Waals surface area contributed by atoms with Crippen molar-refractivity contribution >= 4 is 11.6 Å². The molecule has 4 nitrogen and oxygen atoms in total. The van der Waals surface area contributed by atoms with Gasteiger partial charge in [-0.15, -0.1) is 0 Å². The molecule has 0 aliphatic heterocycles. The zero-order valence-electron chi connectivity index (χ0n) is 9.43. The highest BCUT2D eigenvalue weighted by Crippen LogP contribution is 2.19. The van der Waals surface area contributed by atoms with Gasteiger partial charge in [-0.3, -0.25) is 0 Å². The highest BCUT2D eigenvalue weighted by Gasteiger charge is 2.09. The predicted octanol–water partition coefficient (Wildman–Crippen LogP) is 2.70. The van der Waals surface area contributed by atoms with Crippen LogP contribution in [0.1, 0.15) is 19.2 Å². The Morgan fingerprint density at radius 3 is 2.71 bits per heavy atom. The standard InChI is InChI=1S/C12H13ClN2O2/c1-8(16)2-7-11-14-12(15-17-11)9-3-5-10(13)6-4-9/h3-6,8,16H,2,7H2,1H3. The summed E-state index contributed by atoms with van der Waals surface area (Å²) in [4.78, 5) is 4.25. The minimum absolute atomic E-state index is 0.360. The first kappa shape index (κ1) is 12.1. The van der Waals surface area contributed by atoms with Crippen molar-refractivity contribution in [1.82, 2.24) is 10.1 Å². The van der Waals surface area contributed by atoms with Crippen LogP contribution in [0.25, 0.3) is 11.4 Å². The molecule has 1 unspecified atom stereocenters. The van der Waals surface area contributed by atoms with Crippen LogP contribution in [-0.4, -0.2) is 21.4 Å². The second kappa shape index (κ2) is 5.29. The molecule has 0 spiro atoms. The third-order valence-electron chi connectivity index (χ3n) is 2.35. The zero-order valence-corrected chi connectivity index (χ0v) is 10.2. The van der Waals surface area contributed by atoms with Crippen LogP contribution in [0.15, 0.2) is 28.8 Å². The zero-order chi connectivity index (χ0) is 12.3. The number of aliphatic hydroxyl groups is 1. The van der Waals surface area contributed by atoms with Crippen molar-refractivity contribution in [2.75, 3.05) is 0 Å². The maximum atomic E-state index is 9.16. The fraction of sp³-hybridized carbons (Fsp3) is 0.333. The van der Waals surface area contributed by atoms with Gasteiger partial charge in [-0.25, -0.2) is 0 Å². The molecule has 90 valence electrons. The Balaban J connectivity index is 2.10. The Morgan fingerprint density at radius 2 is 2.06 bits per heavy atom. The number of aryl methyl sites for hydroxylation is 1. The molecule has 0 fully saturated rings. The Bertz CT molecular complexity index is 480. The molecular weight excluding hydrogens is 240 g/mol. The third kappa shape index (κ3) is 3.28. The van der Waals surface area contributed by atoms with E-state index < -0.39 is 0 Å². The summed E-state index contributed by atoms with van der Waals surface area (Å²) in [6.07, 6.45) is 0.835. The molecule has 1 atom stereocenters. The maximum Gasteiger partial charge on any atom is 0.227 e. The van der Waals surface area contributed by atoms with Gasteiger partial charge < -0.3 is 9.63 Å². The van der Waals surface area contributed by atoms with E-state index in [2.05, 4.69) is 10.1 Å². The van der Waals surface area contributed by atoms with E-state index in [1.54, 1.807) is 19.1 Å². The number of hydrogen-bond acceptors (Lipinski definition) is 4. The van der Waals surface area contributed by atoms with Gasteiger partial charge in [-0.05, 0) is 37.6 Å². The van der Waals surface area contributed by atoms with Gasteiger partial charge in [-0.1, -0.05) is 16.8 Å². The first-order valence-corrected chi connectivity index (χ1v) is 5.79. The van der Waals surface area contributed by atoms with Crippen molar-refractivity contribution in [3.8, 4) is 11.4 Å². The molecule has 5 heteroatoms. The summed E-state index contributed by atoms with van der Waals surface area (Å²) >= 11 is 5.80. The van der Waals surface area contributed by atoms with Crippen LogP contribution in [-0.2, 0) is 6.42 Å².